The molecule has 1 aromatic carbocycles. The van der Waals surface area contributed by atoms with E-state index < -0.39 is 0 Å². The molecule has 2 rings (SSSR count). The Hall–Kier alpha value is -1.10. The quantitative estimate of drug-likeness (QED) is 0.913. The molecular weight excluding hydrogens is 254 g/mol. The van der Waals surface area contributed by atoms with Crippen LogP contribution in [0.4, 0.5) is 0 Å². The van der Waals surface area contributed by atoms with Crippen molar-refractivity contribution in [3.8, 4) is 5.75 Å². The standard InChI is InChI=1S/C16H25NO3/c1-10-6-15(19-4)12(3)11(2)13(10)7-17-8-14(18)16(9-17)20-5/h6,14,16,18H,7-9H2,1-5H3/t14-,16-/m0/s1. The fourth-order valence-electron chi connectivity index (χ4n) is 2.97. The van der Waals surface area contributed by atoms with Crippen LogP contribution in [0.3, 0.4) is 0 Å². The molecule has 0 aliphatic carbocycles. The minimum Gasteiger partial charge on any atom is -0.496 e. The molecule has 1 fully saturated rings. The van der Waals surface area contributed by atoms with Crippen molar-refractivity contribution < 1.29 is 14.6 Å². The maximum atomic E-state index is 9.93. The van der Waals surface area contributed by atoms with Crippen molar-refractivity contribution in [1.29, 1.82) is 0 Å². The highest BCUT2D eigenvalue weighted by molar-refractivity contribution is 5.48. The first-order valence-electron chi connectivity index (χ1n) is 7.04. The summed E-state index contributed by atoms with van der Waals surface area (Å²) in [6.45, 7) is 8.64. The normalized spacial score (nSPS) is 23.3. The molecular formula is C16H25NO3. The summed E-state index contributed by atoms with van der Waals surface area (Å²) < 4.78 is 10.7. The number of aliphatic hydroxyl groups is 1. The van der Waals surface area contributed by atoms with Crippen molar-refractivity contribution in [1.82, 2.24) is 4.90 Å². The number of rotatable bonds is 4. The zero-order chi connectivity index (χ0) is 14.9. The highest BCUT2D eigenvalue weighted by atomic mass is 16.5. The van der Waals surface area contributed by atoms with Crippen LogP contribution in [0.2, 0.25) is 0 Å². The van der Waals surface area contributed by atoms with Crippen LogP contribution < -0.4 is 4.74 Å². The Morgan fingerprint density at radius 2 is 1.90 bits per heavy atom. The second-order valence-electron chi connectivity index (χ2n) is 5.66. The molecule has 1 saturated heterocycles. The van der Waals surface area contributed by atoms with E-state index in [1.807, 2.05) is 0 Å². The third kappa shape index (κ3) is 2.82. The van der Waals surface area contributed by atoms with Gasteiger partial charge in [0.25, 0.3) is 0 Å². The number of benzene rings is 1. The average Bonchev–Trinajstić information content (AvgIpc) is 2.79. The first-order chi connectivity index (χ1) is 9.47. The summed E-state index contributed by atoms with van der Waals surface area (Å²) in [6, 6.07) is 2.10. The van der Waals surface area contributed by atoms with E-state index in [1.165, 1.54) is 22.3 Å². The summed E-state index contributed by atoms with van der Waals surface area (Å²) in [7, 11) is 3.37. The van der Waals surface area contributed by atoms with Crippen LogP contribution in [-0.2, 0) is 11.3 Å². The van der Waals surface area contributed by atoms with Crippen LogP contribution in [0.25, 0.3) is 0 Å². The van der Waals surface area contributed by atoms with Gasteiger partial charge in [-0.05, 0) is 49.1 Å². The number of β-amino-alcohol motifs (C(OH)–C–C–N with tert-alkyl or cyclic N) is 1. The summed E-state index contributed by atoms with van der Waals surface area (Å²) in [5.41, 5.74) is 5.03. The summed E-state index contributed by atoms with van der Waals surface area (Å²) >= 11 is 0. The van der Waals surface area contributed by atoms with Crippen LogP contribution >= 0.6 is 0 Å². The zero-order valence-corrected chi connectivity index (χ0v) is 13.1. The molecule has 0 unspecified atom stereocenters. The lowest BCUT2D eigenvalue weighted by Crippen LogP contribution is -2.25. The van der Waals surface area contributed by atoms with Crippen molar-refractivity contribution in [2.75, 3.05) is 27.3 Å². The van der Waals surface area contributed by atoms with E-state index in [1.54, 1.807) is 14.2 Å². The van der Waals surface area contributed by atoms with Gasteiger partial charge in [-0.2, -0.15) is 0 Å². The van der Waals surface area contributed by atoms with E-state index in [-0.39, 0.29) is 12.2 Å². The molecule has 1 heterocycles. The number of hydrogen-bond acceptors (Lipinski definition) is 4. The molecule has 1 aromatic rings. The summed E-state index contributed by atoms with van der Waals surface area (Å²) in [4.78, 5) is 2.25. The molecule has 20 heavy (non-hydrogen) atoms. The molecule has 1 N–H and O–H groups in total. The molecule has 4 nitrogen and oxygen atoms in total. The Morgan fingerprint density at radius 3 is 2.45 bits per heavy atom. The van der Waals surface area contributed by atoms with Gasteiger partial charge < -0.3 is 14.6 Å². The van der Waals surface area contributed by atoms with Gasteiger partial charge >= 0.3 is 0 Å². The zero-order valence-electron chi connectivity index (χ0n) is 13.1. The van der Waals surface area contributed by atoms with Crippen LogP contribution in [0.5, 0.6) is 5.75 Å². The fraction of sp³-hybridized carbons (Fsp3) is 0.625. The van der Waals surface area contributed by atoms with E-state index in [2.05, 4.69) is 31.7 Å². The maximum Gasteiger partial charge on any atom is 0.122 e. The Kier molecular flexibility index (Phi) is 4.68. The molecule has 0 saturated carbocycles. The van der Waals surface area contributed by atoms with Crippen molar-refractivity contribution >= 4 is 0 Å². The SMILES string of the molecule is COc1cc(C)c(CN2C[C@H](OC)[C@@H](O)C2)c(C)c1C. The van der Waals surface area contributed by atoms with E-state index >= 15 is 0 Å². The second kappa shape index (κ2) is 6.12. The number of hydrogen-bond donors (Lipinski definition) is 1. The van der Waals surface area contributed by atoms with Crippen LogP contribution in [0, 0.1) is 20.8 Å². The molecule has 1 aliphatic heterocycles. The van der Waals surface area contributed by atoms with Crippen LogP contribution in [0.15, 0.2) is 6.07 Å². The third-order valence-corrected chi connectivity index (χ3v) is 4.43. The predicted octanol–water partition coefficient (Wildman–Crippen LogP) is 1.81. The van der Waals surface area contributed by atoms with Crippen molar-refractivity contribution in [2.45, 2.75) is 39.5 Å². The van der Waals surface area contributed by atoms with Gasteiger partial charge in [-0.15, -0.1) is 0 Å². The maximum absolute atomic E-state index is 9.93. The largest absolute Gasteiger partial charge is 0.496 e. The Bertz CT molecular complexity index is 487. The van der Waals surface area contributed by atoms with Gasteiger partial charge in [0.2, 0.25) is 0 Å². The van der Waals surface area contributed by atoms with Gasteiger partial charge in [0.1, 0.15) is 5.75 Å². The van der Waals surface area contributed by atoms with E-state index in [4.69, 9.17) is 9.47 Å². The van der Waals surface area contributed by atoms with Crippen molar-refractivity contribution in [3.63, 3.8) is 0 Å². The average molecular weight is 279 g/mol. The molecule has 0 aromatic heterocycles. The van der Waals surface area contributed by atoms with Gasteiger partial charge in [0.05, 0.1) is 19.3 Å². The van der Waals surface area contributed by atoms with Gasteiger partial charge in [0.15, 0.2) is 0 Å². The van der Waals surface area contributed by atoms with Gasteiger partial charge in [-0.3, -0.25) is 4.90 Å². The minimum absolute atomic E-state index is 0.0741. The Morgan fingerprint density at radius 1 is 1.20 bits per heavy atom. The molecule has 4 heteroatoms. The fourth-order valence-corrected chi connectivity index (χ4v) is 2.97. The summed E-state index contributed by atoms with van der Waals surface area (Å²) in [5.74, 6) is 0.944. The first kappa shape index (κ1) is 15.3. The predicted molar refractivity (Wildman–Crippen MR) is 79.3 cm³/mol. The number of methoxy groups -OCH3 is 2. The van der Waals surface area contributed by atoms with Crippen molar-refractivity contribution in [2.24, 2.45) is 0 Å². The third-order valence-electron chi connectivity index (χ3n) is 4.43. The Balaban J connectivity index is 2.20. The number of ether oxygens (including phenoxy) is 2. The lowest BCUT2D eigenvalue weighted by molar-refractivity contribution is 0.0215. The highest BCUT2D eigenvalue weighted by Crippen LogP contribution is 2.29. The van der Waals surface area contributed by atoms with Crippen molar-refractivity contribution in [3.05, 3.63) is 28.3 Å². The molecule has 2 atom stereocenters. The van der Waals surface area contributed by atoms with Gasteiger partial charge in [-0.25, -0.2) is 0 Å². The minimum atomic E-state index is -0.389. The molecule has 0 bridgehead atoms. The van der Waals surface area contributed by atoms with Crippen LogP contribution in [-0.4, -0.2) is 49.5 Å². The molecule has 0 amide bonds. The van der Waals surface area contributed by atoms with E-state index in [0.717, 1.165) is 18.8 Å². The van der Waals surface area contributed by atoms with Gasteiger partial charge in [-0.1, -0.05) is 0 Å². The van der Waals surface area contributed by atoms with Gasteiger partial charge in [0, 0.05) is 26.7 Å². The Labute approximate surface area is 121 Å². The molecule has 112 valence electrons. The number of aryl methyl sites for hydroxylation is 1. The number of aliphatic hydroxyl groups excluding tert-OH is 1. The smallest absolute Gasteiger partial charge is 0.122 e. The second-order valence-corrected chi connectivity index (χ2v) is 5.66. The lowest BCUT2D eigenvalue weighted by atomic mass is 9.97. The monoisotopic (exact) mass is 279 g/mol. The van der Waals surface area contributed by atoms with E-state index in [0.29, 0.717) is 6.54 Å². The summed E-state index contributed by atoms with van der Waals surface area (Å²) in [6.07, 6.45) is -0.463. The number of nitrogens with zero attached hydrogens (tertiary/aromatic N) is 1. The number of likely N-dealkylation sites (tertiary alicyclic amines) is 1. The molecule has 1 aliphatic rings. The topological polar surface area (TPSA) is 41.9 Å². The highest BCUT2D eigenvalue weighted by Gasteiger charge is 2.31. The summed E-state index contributed by atoms with van der Waals surface area (Å²) in [5, 5.41) is 9.93. The van der Waals surface area contributed by atoms with Crippen LogP contribution in [0.1, 0.15) is 22.3 Å². The molecule has 0 spiro atoms. The lowest BCUT2D eigenvalue weighted by Gasteiger charge is -2.21. The van der Waals surface area contributed by atoms with E-state index in [9.17, 15) is 5.11 Å². The first-order valence-corrected chi connectivity index (χ1v) is 7.04. The molecule has 0 radical (unpaired) electrons.